The van der Waals surface area contributed by atoms with Crippen LogP contribution in [0.3, 0.4) is 0 Å². The van der Waals surface area contributed by atoms with Crippen molar-refractivity contribution < 1.29 is 22.4 Å². The van der Waals surface area contributed by atoms with Gasteiger partial charge in [0.1, 0.15) is 5.82 Å². The number of carbonyl (C=O) groups is 1. The fraction of sp³-hybridized carbons (Fsp3) is 0.300. The first-order chi connectivity index (χ1) is 7.70. The van der Waals surface area contributed by atoms with E-state index in [1.54, 1.807) is 0 Å². The lowest BCUT2D eigenvalue weighted by molar-refractivity contribution is -0.137. The minimum absolute atomic E-state index is 0.115. The SMILES string of the molecule is NC(=O)C[C@H](N)c1cc(F)cc(C(F)(F)F)c1. The second-order valence-electron chi connectivity index (χ2n) is 3.55. The third kappa shape index (κ3) is 3.70. The molecule has 0 aliphatic carbocycles. The molecule has 1 atom stereocenters. The average molecular weight is 250 g/mol. The number of nitrogens with two attached hydrogens (primary N) is 2. The fourth-order valence-corrected chi connectivity index (χ4v) is 1.32. The number of carbonyl (C=O) groups excluding carboxylic acids is 1. The van der Waals surface area contributed by atoms with Gasteiger partial charge in [0.15, 0.2) is 0 Å². The van der Waals surface area contributed by atoms with Gasteiger partial charge in [-0.3, -0.25) is 4.79 Å². The van der Waals surface area contributed by atoms with Gasteiger partial charge in [-0.1, -0.05) is 0 Å². The summed E-state index contributed by atoms with van der Waals surface area (Å²) >= 11 is 0. The first-order valence-corrected chi connectivity index (χ1v) is 4.61. The van der Waals surface area contributed by atoms with Gasteiger partial charge in [0.2, 0.25) is 5.91 Å². The Balaban J connectivity index is 3.09. The first kappa shape index (κ1) is 13.4. The molecule has 94 valence electrons. The molecule has 0 aromatic heterocycles. The zero-order valence-corrected chi connectivity index (χ0v) is 8.59. The lowest BCUT2D eigenvalue weighted by Crippen LogP contribution is -2.21. The number of halogens is 4. The molecule has 0 fully saturated rings. The van der Waals surface area contributed by atoms with Crippen LogP contribution in [0.1, 0.15) is 23.6 Å². The number of hydrogen-bond donors (Lipinski definition) is 2. The Morgan fingerprint density at radius 2 is 1.88 bits per heavy atom. The number of hydrogen-bond acceptors (Lipinski definition) is 2. The van der Waals surface area contributed by atoms with E-state index in [1.165, 1.54) is 0 Å². The Hall–Kier alpha value is -1.63. The third-order valence-corrected chi connectivity index (χ3v) is 2.10. The molecule has 0 bridgehead atoms. The molecular formula is C10H10F4N2O. The molecule has 0 spiro atoms. The van der Waals surface area contributed by atoms with Crippen LogP contribution in [0.2, 0.25) is 0 Å². The van der Waals surface area contributed by atoms with Gasteiger partial charge in [0.25, 0.3) is 0 Å². The second-order valence-corrected chi connectivity index (χ2v) is 3.55. The molecule has 1 rings (SSSR count). The first-order valence-electron chi connectivity index (χ1n) is 4.61. The predicted molar refractivity (Wildman–Crippen MR) is 52.1 cm³/mol. The summed E-state index contributed by atoms with van der Waals surface area (Å²) in [5.41, 5.74) is 9.04. The number of amides is 1. The molecule has 0 aliphatic heterocycles. The Bertz CT molecular complexity index is 431. The maximum Gasteiger partial charge on any atom is 0.416 e. The molecule has 1 aromatic rings. The molecule has 1 aromatic carbocycles. The minimum atomic E-state index is -4.66. The van der Waals surface area contributed by atoms with Gasteiger partial charge < -0.3 is 11.5 Å². The summed E-state index contributed by atoms with van der Waals surface area (Å²) in [5.74, 6) is -1.83. The highest BCUT2D eigenvalue weighted by Gasteiger charge is 2.31. The normalized spacial score (nSPS) is 13.5. The average Bonchev–Trinajstić information content (AvgIpc) is 2.14. The van der Waals surface area contributed by atoms with Gasteiger partial charge in [0.05, 0.1) is 5.56 Å². The quantitative estimate of drug-likeness (QED) is 0.802. The summed E-state index contributed by atoms with van der Waals surface area (Å²) in [6.07, 6.45) is -5.01. The Kier molecular flexibility index (Phi) is 3.72. The Morgan fingerprint density at radius 1 is 1.29 bits per heavy atom. The molecule has 0 aliphatic rings. The maximum absolute atomic E-state index is 13.0. The van der Waals surface area contributed by atoms with Crippen LogP contribution in [0.5, 0.6) is 0 Å². The van der Waals surface area contributed by atoms with E-state index in [2.05, 4.69) is 0 Å². The van der Waals surface area contributed by atoms with Crippen molar-refractivity contribution in [1.82, 2.24) is 0 Å². The van der Waals surface area contributed by atoms with Crippen LogP contribution in [0.4, 0.5) is 17.6 Å². The Morgan fingerprint density at radius 3 is 2.35 bits per heavy atom. The monoisotopic (exact) mass is 250 g/mol. The second kappa shape index (κ2) is 4.70. The fourth-order valence-electron chi connectivity index (χ4n) is 1.32. The lowest BCUT2D eigenvalue weighted by atomic mass is 10.0. The topological polar surface area (TPSA) is 69.1 Å². The van der Waals surface area contributed by atoms with Crippen LogP contribution in [0.15, 0.2) is 18.2 Å². The van der Waals surface area contributed by atoms with Crippen molar-refractivity contribution in [2.75, 3.05) is 0 Å². The van der Waals surface area contributed by atoms with Crippen LogP contribution in [-0.4, -0.2) is 5.91 Å². The van der Waals surface area contributed by atoms with E-state index in [-0.39, 0.29) is 12.0 Å². The highest BCUT2D eigenvalue weighted by Crippen LogP contribution is 2.31. The van der Waals surface area contributed by atoms with Crippen molar-refractivity contribution in [2.45, 2.75) is 18.6 Å². The number of alkyl halides is 3. The maximum atomic E-state index is 13.0. The molecule has 0 saturated heterocycles. The van der Waals surface area contributed by atoms with Crippen molar-refractivity contribution in [3.63, 3.8) is 0 Å². The highest BCUT2D eigenvalue weighted by molar-refractivity contribution is 5.74. The smallest absolute Gasteiger partial charge is 0.370 e. The lowest BCUT2D eigenvalue weighted by Gasteiger charge is -2.13. The van der Waals surface area contributed by atoms with Crippen LogP contribution in [-0.2, 0) is 11.0 Å². The van der Waals surface area contributed by atoms with Crippen LogP contribution in [0.25, 0.3) is 0 Å². The van der Waals surface area contributed by atoms with Gasteiger partial charge in [-0.25, -0.2) is 4.39 Å². The summed E-state index contributed by atoms with van der Waals surface area (Å²) in [4.78, 5) is 10.6. The Labute approximate surface area is 94.4 Å². The predicted octanol–water partition coefficient (Wildman–Crippen LogP) is 1.72. The third-order valence-electron chi connectivity index (χ3n) is 2.10. The van der Waals surface area contributed by atoms with Crippen molar-refractivity contribution in [1.29, 1.82) is 0 Å². The molecule has 1 amide bonds. The molecular weight excluding hydrogens is 240 g/mol. The number of primary amides is 1. The standard InChI is InChI=1S/C10H10F4N2O/c11-7-2-5(8(15)4-9(16)17)1-6(3-7)10(12,13)14/h1-3,8H,4,15H2,(H2,16,17)/t8-/m0/s1. The minimum Gasteiger partial charge on any atom is -0.370 e. The van der Waals surface area contributed by atoms with Crippen molar-refractivity contribution in [3.05, 3.63) is 35.1 Å². The molecule has 3 nitrogen and oxygen atoms in total. The summed E-state index contributed by atoms with van der Waals surface area (Å²) in [6, 6.07) is 0.865. The largest absolute Gasteiger partial charge is 0.416 e. The summed E-state index contributed by atoms with van der Waals surface area (Å²) in [6.45, 7) is 0. The molecule has 4 N–H and O–H groups in total. The van der Waals surface area contributed by atoms with E-state index in [0.717, 1.165) is 6.07 Å². The van der Waals surface area contributed by atoms with Gasteiger partial charge in [-0.2, -0.15) is 13.2 Å². The number of benzene rings is 1. The van der Waals surface area contributed by atoms with Gasteiger partial charge >= 0.3 is 6.18 Å². The van der Waals surface area contributed by atoms with E-state index in [4.69, 9.17) is 11.5 Å². The molecule has 7 heteroatoms. The molecule has 0 heterocycles. The van der Waals surface area contributed by atoms with Crippen molar-refractivity contribution in [2.24, 2.45) is 11.5 Å². The summed E-state index contributed by atoms with van der Waals surface area (Å²) in [5, 5.41) is 0. The summed E-state index contributed by atoms with van der Waals surface area (Å²) in [7, 11) is 0. The van der Waals surface area contributed by atoms with Crippen LogP contribution in [0, 0.1) is 5.82 Å². The van der Waals surface area contributed by atoms with Crippen molar-refractivity contribution in [3.8, 4) is 0 Å². The number of rotatable bonds is 3. The molecule has 0 radical (unpaired) electrons. The van der Waals surface area contributed by atoms with Gasteiger partial charge in [0, 0.05) is 12.5 Å². The van der Waals surface area contributed by atoms with E-state index >= 15 is 0 Å². The highest BCUT2D eigenvalue weighted by atomic mass is 19.4. The molecule has 0 unspecified atom stereocenters. The zero-order chi connectivity index (χ0) is 13.2. The zero-order valence-electron chi connectivity index (χ0n) is 8.59. The van der Waals surface area contributed by atoms with E-state index < -0.39 is 29.5 Å². The van der Waals surface area contributed by atoms with E-state index in [9.17, 15) is 22.4 Å². The molecule has 0 saturated carbocycles. The van der Waals surface area contributed by atoms with Gasteiger partial charge in [-0.05, 0) is 23.8 Å². The summed E-state index contributed by atoms with van der Waals surface area (Å²) < 4.78 is 50.1. The van der Waals surface area contributed by atoms with Crippen LogP contribution >= 0.6 is 0 Å². The van der Waals surface area contributed by atoms with Gasteiger partial charge in [-0.15, -0.1) is 0 Å². The molecule has 17 heavy (non-hydrogen) atoms. The van der Waals surface area contributed by atoms with Crippen LogP contribution < -0.4 is 11.5 Å². The van der Waals surface area contributed by atoms with E-state index in [1.807, 2.05) is 0 Å². The van der Waals surface area contributed by atoms with Crippen molar-refractivity contribution >= 4 is 5.91 Å². The van der Waals surface area contributed by atoms with E-state index in [0.29, 0.717) is 12.1 Å².